The number of carbonyl (C=O) groups is 2. The van der Waals surface area contributed by atoms with Crippen LogP contribution in [0.25, 0.3) is 0 Å². The molecule has 0 spiro atoms. The van der Waals surface area contributed by atoms with Gasteiger partial charge in [0.15, 0.2) is 6.10 Å². The van der Waals surface area contributed by atoms with Crippen molar-refractivity contribution in [1.29, 1.82) is 0 Å². The Labute approximate surface area is 141 Å². The molecule has 23 heavy (non-hydrogen) atoms. The first kappa shape index (κ1) is 17.1. The molecule has 0 saturated carbocycles. The number of nitrogens with one attached hydrogen (secondary N) is 1. The van der Waals surface area contributed by atoms with E-state index in [2.05, 4.69) is 21.2 Å². The van der Waals surface area contributed by atoms with E-state index in [0.29, 0.717) is 5.69 Å². The Hall–Kier alpha value is -2.21. The first-order valence-corrected chi connectivity index (χ1v) is 7.70. The number of amides is 1. The first-order valence-electron chi connectivity index (χ1n) is 6.91. The van der Waals surface area contributed by atoms with Crippen LogP contribution in [0.3, 0.4) is 0 Å². The second-order valence-corrected chi connectivity index (χ2v) is 5.85. The fourth-order valence-corrected chi connectivity index (χ4v) is 2.45. The zero-order valence-electron chi connectivity index (χ0n) is 12.6. The third-order valence-corrected chi connectivity index (χ3v) is 3.79. The molecule has 6 heteroatoms. The summed E-state index contributed by atoms with van der Waals surface area (Å²) in [4.78, 5) is 24.0. The van der Waals surface area contributed by atoms with E-state index in [0.717, 1.165) is 16.1 Å². The summed E-state index contributed by atoms with van der Waals surface area (Å²) in [5.74, 6) is -2.07. The van der Waals surface area contributed by atoms with Gasteiger partial charge >= 0.3 is 5.97 Å². The average molecular weight is 380 g/mol. The van der Waals surface area contributed by atoms with E-state index < -0.39 is 23.8 Å². The summed E-state index contributed by atoms with van der Waals surface area (Å²) < 4.78 is 19.3. The number of esters is 1. The summed E-state index contributed by atoms with van der Waals surface area (Å²) in [5, 5.41) is 2.65. The molecule has 0 unspecified atom stereocenters. The maximum absolute atomic E-state index is 13.5. The van der Waals surface area contributed by atoms with E-state index in [4.69, 9.17) is 4.74 Å². The van der Waals surface area contributed by atoms with Gasteiger partial charge in [-0.15, -0.1) is 0 Å². The van der Waals surface area contributed by atoms with Crippen molar-refractivity contribution in [3.05, 3.63) is 63.9 Å². The number of benzene rings is 2. The molecular formula is C17H15BrFNO3. The largest absolute Gasteiger partial charge is 0.449 e. The fraction of sp³-hybridized carbons (Fsp3) is 0.176. The quantitative estimate of drug-likeness (QED) is 0.814. The molecule has 0 saturated heterocycles. The maximum atomic E-state index is 13.5. The summed E-state index contributed by atoms with van der Waals surface area (Å²) in [7, 11) is 0. The highest BCUT2D eigenvalue weighted by atomic mass is 79.9. The van der Waals surface area contributed by atoms with Crippen molar-refractivity contribution < 1.29 is 18.7 Å². The van der Waals surface area contributed by atoms with Gasteiger partial charge in [0.05, 0.1) is 11.3 Å². The normalized spacial score (nSPS) is 11.7. The van der Waals surface area contributed by atoms with E-state index in [9.17, 15) is 14.0 Å². The Bertz CT molecular complexity index is 748. The molecule has 120 valence electrons. The van der Waals surface area contributed by atoms with Crippen LogP contribution in [0.1, 0.15) is 22.8 Å². The molecule has 2 rings (SSSR count). The second kappa shape index (κ2) is 7.37. The van der Waals surface area contributed by atoms with Crippen LogP contribution in [0.4, 0.5) is 10.1 Å². The first-order chi connectivity index (χ1) is 10.9. The van der Waals surface area contributed by atoms with Gasteiger partial charge in [0.25, 0.3) is 5.91 Å². The van der Waals surface area contributed by atoms with E-state index in [1.54, 1.807) is 6.07 Å². The highest BCUT2D eigenvalue weighted by molar-refractivity contribution is 9.10. The lowest BCUT2D eigenvalue weighted by Gasteiger charge is -2.14. The minimum absolute atomic E-state index is 0.205. The van der Waals surface area contributed by atoms with Gasteiger partial charge in [-0.05, 0) is 59.6 Å². The van der Waals surface area contributed by atoms with Crippen molar-refractivity contribution in [3.8, 4) is 0 Å². The smallest absolute Gasteiger partial charge is 0.341 e. The van der Waals surface area contributed by atoms with E-state index >= 15 is 0 Å². The molecule has 0 fully saturated rings. The molecule has 4 nitrogen and oxygen atoms in total. The molecule has 2 aromatic rings. The van der Waals surface area contributed by atoms with Crippen LogP contribution in [-0.4, -0.2) is 18.0 Å². The van der Waals surface area contributed by atoms with Crippen molar-refractivity contribution >= 4 is 33.5 Å². The number of aryl methyl sites for hydroxylation is 1. The van der Waals surface area contributed by atoms with Gasteiger partial charge in [0, 0.05) is 4.47 Å². The van der Waals surface area contributed by atoms with Gasteiger partial charge in [0.2, 0.25) is 0 Å². The number of hydrogen-bond acceptors (Lipinski definition) is 3. The number of carbonyl (C=O) groups excluding carboxylic acids is 2. The Balaban J connectivity index is 2.03. The molecular weight excluding hydrogens is 365 g/mol. The van der Waals surface area contributed by atoms with Gasteiger partial charge in [0.1, 0.15) is 5.82 Å². The zero-order chi connectivity index (χ0) is 17.0. The highest BCUT2D eigenvalue weighted by Gasteiger charge is 2.21. The van der Waals surface area contributed by atoms with Crippen LogP contribution < -0.4 is 5.32 Å². The van der Waals surface area contributed by atoms with Gasteiger partial charge in [-0.25, -0.2) is 9.18 Å². The Morgan fingerprint density at radius 2 is 1.91 bits per heavy atom. The van der Waals surface area contributed by atoms with Crippen LogP contribution in [0, 0.1) is 12.7 Å². The predicted octanol–water partition coefficient (Wildman–Crippen LogP) is 4.08. The van der Waals surface area contributed by atoms with Crippen LogP contribution >= 0.6 is 15.9 Å². The van der Waals surface area contributed by atoms with Crippen LogP contribution in [0.15, 0.2) is 46.9 Å². The van der Waals surface area contributed by atoms with Crippen LogP contribution in [0.5, 0.6) is 0 Å². The minimum atomic E-state index is -1.06. The van der Waals surface area contributed by atoms with Gasteiger partial charge < -0.3 is 10.1 Å². The molecule has 2 aromatic carbocycles. The summed E-state index contributed by atoms with van der Waals surface area (Å²) in [5.41, 5.74) is 1.40. The Morgan fingerprint density at radius 1 is 1.22 bits per heavy atom. The molecule has 0 aliphatic rings. The molecule has 0 aromatic heterocycles. The summed E-state index contributed by atoms with van der Waals surface area (Å²) in [6, 6.07) is 10.9. The topological polar surface area (TPSA) is 55.4 Å². The molecule has 1 atom stereocenters. The summed E-state index contributed by atoms with van der Waals surface area (Å²) in [6.45, 7) is 3.35. The zero-order valence-corrected chi connectivity index (χ0v) is 14.2. The van der Waals surface area contributed by atoms with E-state index in [1.165, 1.54) is 25.1 Å². The average Bonchev–Trinajstić information content (AvgIpc) is 2.50. The molecule has 0 radical (unpaired) electrons. The monoisotopic (exact) mass is 379 g/mol. The van der Waals surface area contributed by atoms with Crippen molar-refractivity contribution in [2.45, 2.75) is 20.0 Å². The number of ether oxygens (including phenoxy) is 1. The number of halogens is 2. The predicted molar refractivity (Wildman–Crippen MR) is 88.8 cm³/mol. The highest BCUT2D eigenvalue weighted by Crippen LogP contribution is 2.23. The van der Waals surface area contributed by atoms with E-state index in [-0.39, 0.29) is 5.56 Å². The van der Waals surface area contributed by atoms with Crippen molar-refractivity contribution in [1.82, 2.24) is 0 Å². The third-order valence-electron chi connectivity index (χ3n) is 3.13. The fourth-order valence-electron chi connectivity index (χ4n) is 1.86. The van der Waals surface area contributed by atoms with Gasteiger partial charge in [-0.1, -0.05) is 18.2 Å². The molecule has 0 aliphatic heterocycles. The Kier molecular flexibility index (Phi) is 5.50. The summed E-state index contributed by atoms with van der Waals surface area (Å²) >= 11 is 3.35. The van der Waals surface area contributed by atoms with E-state index in [1.807, 2.05) is 19.1 Å². The SMILES string of the molecule is Cc1ccc(NC(=O)[C@@H](C)OC(=O)c2ccccc2F)c(Br)c1. The lowest BCUT2D eigenvalue weighted by Crippen LogP contribution is -2.30. The standard InChI is InChI=1S/C17H15BrFNO3/c1-10-7-8-15(13(18)9-10)20-16(21)11(2)23-17(22)12-5-3-4-6-14(12)19/h3-9,11H,1-2H3,(H,20,21)/t11-/m1/s1. The molecule has 1 N–H and O–H groups in total. The van der Waals surface area contributed by atoms with Gasteiger partial charge in [-0.2, -0.15) is 0 Å². The number of anilines is 1. The Morgan fingerprint density at radius 3 is 2.57 bits per heavy atom. The minimum Gasteiger partial charge on any atom is -0.449 e. The maximum Gasteiger partial charge on any atom is 0.341 e. The number of hydrogen-bond donors (Lipinski definition) is 1. The van der Waals surface area contributed by atoms with Crippen molar-refractivity contribution in [2.75, 3.05) is 5.32 Å². The lowest BCUT2D eigenvalue weighted by molar-refractivity contribution is -0.123. The molecule has 0 aliphatic carbocycles. The van der Waals surface area contributed by atoms with Crippen LogP contribution in [0.2, 0.25) is 0 Å². The third kappa shape index (κ3) is 4.39. The van der Waals surface area contributed by atoms with Crippen LogP contribution in [-0.2, 0) is 9.53 Å². The molecule has 1 amide bonds. The van der Waals surface area contributed by atoms with Gasteiger partial charge in [-0.3, -0.25) is 4.79 Å². The second-order valence-electron chi connectivity index (χ2n) is 5.00. The van der Waals surface area contributed by atoms with Crippen molar-refractivity contribution in [2.24, 2.45) is 0 Å². The van der Waals surface area contributed by atoms with Crippen molar-refractivity contribution in [3.63, 3.8) is 0 Å². The number of rotatable bonds is 4. The molecule has 0 bridgehead atoms. The summed E-state index contributed by atoms with van der Waals surface area (Å²) in [6.07, 6.45) is -1.06. The molecule has 0 heterocycles. The lowest BCUT2D eigenvalue weighted by atomic mass is 10.2.